The van der Waals surface area contributed by atoms with Gasteiger partial charge in [-0.25, -0.2) is 13.2 Å². The van der Waals surface area contributed by atoms with Gasteiger partial charge in [-0.05, 0) is 36.8 Å². The summed E-state index contributed by atoms with van der Waals surface area (Å²) < 4.78 is 36.2. The van der Waals surface area contributed by atoms with E-state index in [-0.39, 0.29) is 17.0 Å². The molecule has 0 unspecified atom stereocenters. The lowest BCUT2D eigenvalue weighted by Crippen LogP contribution is -2.25. The van der Waals surface area contributed by atoms with Crippen LogP contribution in [-0.4, -0.2) is 33.7 Å². The summed E-state index contributed by atoms with van der Waals surface area (Å²) in [5.41, 5.74) is 0.130. The first-order valence-corrected chi connectivity index (χ1v) is 10.5. The third kappa shape index (κ3) is 3.56. The molecule has 2 heterocycles. The number of benzene rings is 2. The number of anilines is 2. The highest BCUT2D eigenvalue weighted by atomic mass is 32.2. The Morgan fingerprint density at radius 3 is 2.69 bits per heavy atom. The van der Waals surface area contributed by atoms with Gasteiger partial charge in [-0.3, -0.25) is 9.10 Å². The quantitative estimate of drug-likeness (QED) is 0.658. The van der Waals surface area contributed by atoms with E-state index in [0.717, 1.165) is 0 Å². The molecule has 1 aromatic heterocycles. The topological polar surface area (TPSA) is 106 Å². The van der Waals surface area contributed by atoms with Gasteiger partial charge in [-0.15, -0.1) is 0 Å². The molecule has 1 fully saturated rings. The molecule has 0 aliphatic carbocycles. The molecule has 1 aliphatic rings. The Bertz CT molecular complexity index is 1270. The number of rotatable bonds is 4. The lowest BCUT2D eigenvalue weighted by atomic mass is 10.1. The van der Waals surface area contributed by atoms with Gasteiger partial charge in [-0.1, -0.05) is 18.2 Å². The smallest absolute Gasteiger partial charge is 0.349 e. The van der Waals surface area contributed by atoms with E-state index in [1.165, 1.54) is 23.5 Å². The van der Waals surface area contributed by atoms with Crippen molar-refractivity contribution in [2.24, 2.45) is 0 Å². The average molecular weight is 414 g/mol. The van der Waals surface area contributed by atoms with Crippen molar-refractivity contribution < 1.29 is 22.4 Å². The lowest BCUT2D eigenvalue weighted by molar-refractivity contribution is 0.102. The monoisotopic (exact) mass is 414 g/mol. The number of nitrogens with one attached hydrogen (secondary N) is 1. The van der Waals surface area contributed by atoms with E-state index < -0.39 is 21.6 Å². The zero-order chi connectivity index (χ0) is 20.6. The van der Waals surface area contributed by atoms with Gasteiger partial charge >= 0.3 is 5.63 Å². The second-order valence-corrected chi connectivity index (χ2v) is 8.58. The van der Waals surface area contributed by atoms with Crippen LogP contribution in [0, 0.1) is 0 Å². The number of nitrogens with zero attached hydrogens (tertiary/aromatic N) is 1. The summed E-state index contributed by atoms with van der Waals surface area (Å²) in [6.45, 7) is 0.371. The standard InChI is InChI=1S/C20H18N2O6S/c1-27-18-8-7-14(22-9-4-10-29(22,25)26)12-16(18)21-19(23)15-11-13-5-2-3-6-17(13)28-20(15)24/h2-3,5-8,11-12H,4,9-10H2,1H3,(H,21,23). The zero-order valence-electron chi connectivity index (χ0n) is 15.5. The molecule has 8 nitrogen and oxygen atoms in total. The van der Waals surface area contributed by atoms with Crippen LogP contribution < -0.4 is 20.0 Å². The van der Waals surface area contributed by atoms with Crippen LogP contribution in [0.15, 0.2) is 57.7 Å². The number of fused-ring (bicyclic) bond motifs is 1. The van der Waals surface area contributed by atoms with Gasteiger partial charge in [0.1, 0.15) is 16.9 Å². The minimum atomic E-state index is -3.37. The highest BCUT2D eigenvalue weighted by Crippen LogP contribution is 2.33. The number of hydrogen-bond donors (Lipinski definition) is 1. The van der Waals surface area contributed by atoms with E-state index in [0.29, 0.717) is 35.4 Å². The van der Waals surface area contributed by atoms with Gasteiger partial charge < -0.3 is 14.5 Å². The number of carbonyl (C=O) groups is 1. The Morgan fingerprint density at radius 2 is 1.97 bits per heavy atom. The Morgan fingerprint density at radius 1 is 1.17 bits per heavy atom. The van der Waals surface area contributed by atoms with E-state index in [1.807, 2.05) is 0 Å². The number of hydrogen-bond acceptors (Lipinski definition) is 6. The molecule has 150 valence electrons. The molecule has 1 saturated heterocycles. The molecule has 1 amide bonds. The Balaban J connectivity index is 1.70. The molecule has 3 aromatic rings. The number of amides is 1. The highest BCUT2D eigenvalue weighted by Gasteiger charge is 2.29. The first-order valence-electron chi connectivity index (χ1n) is 8.92. The lowest BCUT2D eigenvalue weighted by Gasteiger charge is -2.19. The van der Waals surface area contributed by atoms with Gasteiger partial charge in [0.2, 0.25) is 10.0 Å². The van der Waals surface area contributed by atoms with E-state index in [4.69, 9.17) is 9.15 Å². The summed E-state index contributed by atoms with van der Waals surface area (Å²) in [4.78, 5) is 25.0. The largest absolute Gasteiger partial charge is 0.495 e. The number of carbonyl (C=O) groups excluding carboxylic acids is 1. The van der Waals surface area contributed by atoms with Crippen molar-refractivity contribution in [2.75, 3.05) is 29.0 Å². The molecule has 1 N–H and O–H groups in total. The Hall–Kier alpha value is -3.33. The third-order valence-corrected chi connectivity index (χ3v) is 6.57. The van der Waals surface area contributed by atoms with Gasteiger partial charge in [0.25, 0.3) is 5.91 Å². The summed E-state index contributed by atoms with van der Waals surface area (Å²) in [6.07, 6.45) is 0.536. The van der Waals surface area contributed by atoms with Crippen molar-refractivity contribution in [1.29, 1.82) is 0 Å². The molecule has 0 saturated carbocycles. The minimum Gasteiger partial charge on any atom is -0.495 e. The second-order valence-electron chi connectivity index (χ2n) is 6.57. The number of ether oxygens (including phenoxy) is 1. The van der Waals surface area contributed by atoms with Crippen LogP contribution in [0.25, 0.3) is 11.0 Å². The van der Waals surface area contributed by atoms with Crippen LogP contribution in [0.5, 0.6) is 5.75 Å². The fraction of sp³-hybridized carbons (Fsp3) is 0.200. The number of sulfonamides is 1. The fourth-order valence-corrected chi connectivity index (χ4v) is 4.84. The maximum atomic E-state index is 12.7. The Kier molecular flexibility index (Phi) is 4.75. The summed E-state index contributed by atoms with van der Waals surface area (Å²) >= 11 is 0. The summed E-state index contributed by atoms with van der Waals surface area (Å²) in [5, 5.41) is 3.24. The predicted molar refractivity (Wildman–Crippen MR) is 109 cm³/mol. The van der Waals surface area contributed by atoms with Crippen molar-refractivity contribution in [2.45, 2.75) is 6.42 Å². The van der Waals surface area contributed by atoms with Crippen molar-refractivity contribution in [3.05, 3.63) is 64.5 Å². The molecule has 2 aromatic carbocycles. The van der Waals surface area contributed by atoms with Crippen LogP contribution in [0.4, 0.5) is 11.4 Å². The van der Waals surface area contributed by atoms with Crippen molar-refractivity contribution >= 4 is 38.3 Å². The summed E-state index contributed by atoms with van der Waals surface area (Å²) in [5.74, 6) is -0.258. The maximum Gasteiger partial charge on any atom is 0.349 e. The van der Waals surface area contributed by atoms with Gasteiger partial charge in [-0.2, -0.15) is 0 Å². The van der Waals surface area contributed by atoms with Crippen LogP contribution in [0.2, 0.25) is 0 Å². The van der Waals surface area contributed by atoms with Crippen LogP contribution in [0.3, 0.4) is 0 Å². The van der Waals surface area contributed by atoms with Crippen molar-refractivity contribution in [3.8, 4) is 5.75 Å². The van der Waals surface area contributed by atoms with E-state index in [1.54, 1.807) is 36.4 Å². The van der Waals surface area contributed by atoms with Crippen LogP contribution in [0.1, 0.15) is 16.8 Å². The number of methoxy groups -OCH3 is 1. The first-order chi connectivity index (χ1) is 13.9. The van der Waals surface area contributed by atoms with E-state index in [2.05, 4.69) is 5.32 Å². The summed E-state index contributed by atoms with van der Waals surface area (Å²) in [6, 6.07) is 13.0. The molecule has 0 radical (unpaired) electrons. The van der Waals surface area contributed by atoms with Gasteiger partial charge in [0, 0.05) is 11.9 Å². The molecular formula is C20H18N2O6S. The van der Waals surface area contributed by atoms with Crippen molar-refractivity contribution in [3.63, 3.8) is 0 Å². The average Bonchev–Trinajstić information content (AvgIpc) is 3.06. The molecule has 9 heteroatoms. The number of para-hydroxylation sites is 1. The highest BCUT2D eigenvalue weighted by molar-refractivity contribution is 7.93. The Labute approximate surface area is 166 Å². The van der Waals surface area contributed by atoms with E-state index >= 15 is 0 Å². The SMILES string of the molecule is COc1ccc(N2CCCS2(=O)=O)cc1NC(=O)c1cc2ccccc2oc1=O. The predicted octanol–water partition coefficient (Wildman–Crippen LogP) is 2.59. The normalized spacial score (nSPS) is 15.4. The zero-order valence-corrected chi connectivity index (χ0v) is 16.4. The van der Waals surface area contributed by atoms with Crippen molar-refractivity contribution in [1.82, 2.24) is 0 Å². The summed E-state index contributed by atoms with van der Waals surface area (Å²) in [7, 11) is -1.94. The molecule has 1 aliphatic heterocycles. The molecule has 0 spiro atoms. The second kappa shape index (κ2) is 7.25. The fourth-order valence-electron chi connectivity index (χ4n) is 3.29. The minimum absolute atomic E-state index is 0.0822. The molecular weight excluding hydrogens is 396 g/mol. The third-order valence-electron chi connectivity index (χ3n) is 4.70. The maximum absolute atomic E-state index is 12.7. The van der Waals surface area contributed by atoms with Crippen LogP contribution in [-0.2, 0) is 10.0 Å². The van der Waals surface area contributed by atoms with Crippen LogP contribution >= 0.6 is 0 Å². The molecule has 0 bridgehead atoms. The van der Waals surface area contributed by atoms with E-state index in [9.17, 15) is 18.0 Å². The molecule has 0 atom stereocenters. The van der Waals surface area contributed by atoms with Gasteiger partial charge in [0.15, 0.2) is 0 Å². The first kappa shape index (κ1) is 19.0. The van der Waals surface area contributed by atoms with Gasteiger partial charge in [0.05, 0.1) is 24.2 Å². The molecule has 4 rings (SSSR count). The molecule has 29 heavy (non-hydrogen) atoms.